The number of hydrogen-bond acceptors (Lipinski definition) is 3. The van der Waals surface area contributed by atoms with E-state index < -0.39 is 0 Å². The predicted molar refractivity (Wildman–Crippen MR) is 75.2 cm³/mol. The van der Waals surface area contributed by atoms with Gasteiger partial charge in [-0.25, -0.2) is 4.98 Å². The molecule has 2 aliphatic rings. The highest BCUT2D eigenvalue weighted by molar-refractivity contribution is 5.23. The van der Waals surface area contributed by atoms with Crippen LogP contribution in [0.15, 0.2) is 0 Å². The summed E-state index contributed by atoms with van der Waals surface area (Å²) in [4.78, 5) is 4.85. The van der Waals surface area contributed by atoms with Crippen LogP contribution in [0.3, 0.4) is 0 Å². The normalized spacial score (nSPS) is 28.8. The van der Waals surface area contributed by atoms with Gasteiger partial charge in [0.15, 0.2) is 0 Å². The molecular weight excluding hydrogens is 238 g/mol. The maximum Gasteiger partial charge on any atom is 0.109 e. The number of aromatic nitrogens is 2. The van der Waals surface area contributed by atoms with Crippen molar-refractivity contribution >= 4 is 0 Å². The van der Waals surface area contributed by atoms with Crippen molar-refractivity contribution in [3.63, 3.8) is 0 Å². The number of fused-ring (bicyclic) bond motifs is 1. The van der Waals surface area contributed by atoms with Crippen LogP contribution < -0.4 is 5.32 Å². The first-order chi connectivity index (χ1) is 9.09. The first kappa shape index (κ1) is 13.1. The topological polar surface area (TPSA) is 39.1 Å². The van der Waals surface area contributed by atoms with Crippen molar-refractivity contribution in [2.45, 2.75) is 58.7 Å². The molecular formula is C15H25N3O. The molecule has 2 atom stereocenters. The fourth-order valence-electron chi connectivity index (χ4n) is 3.71. The molecule has 0 saturated heterocycles. The number of imidazole rings is 1. The van der Waals surface area contributed by atoms with Gasteiger partial charge < -0.3 is 14.6 Å². The van der Waals surface area contributed by atoms with Crippen LogP contribution in [0, 0.1) is 5.41 Å². The molecule has 2 unspecified atom stereocenters. The first-order valence-electron chi connectivity index (χ1n) is 7.42. The van der Waals surface area contributed by atoms with E-state index in [0.717, 1.165) is 32.4 Å². The Morgan fingerprint density at radius 2 is 2.26 bits per heavy atom. The van der Waals surface area contributed by atoms with Gasteiger partial charge in [-0.3, -0.25) is 0 Å². The van der Waals surface area contributed by atoms with Crippen LogP contribution in [-0.4, -0.2) is 29.3 Å². The third-order valence-electron chi connectivity index (χ3n) is 5.04. The van der Waals surface area contributed by atoms with Crippen LogP contribution in [0.25, 0.3) is 0 Å². The maximum absolute atomic E-state index is 5.60. The minimum absolute atomic E-state index is 0.206. The Morgan fingerprint density at radius 3 is 2.89 bits per heavy atom. The molecule has 106 valence electrons. The smallest absolute Gasteiger partial charge is 0.109 e. The lowest BCUT2D eigenvalue weighted by Crippen LogP contribution is -2.51. The highest BCUT2D eigenvalue weighted by Crippen LogP contribution is 2.52. The highest BCUT2D eigenvalue weighted by atomic mass is 16.5. The Hall–Kier alpha value is -0.870. The molecule has 1 aliphatic heterocycles. The Labute approximate surface area is 115 Å². The van der Waals surface area contributed by atoms with Gasteiger partial charge in [-0.15, -0.1) is 0 Å². The van der Waals surface area contributed by atoms with Crippen molar-refractivity contribution in [3.8, 4) is 0 Å². The summed E-state index contributed by atoms with van der Waals surface area (Å²) in [6, 6.07) is 0.543. The second-order valence-corrected chi connectivity index (χ2v) is 6.37. The molecule has 3 rings (SSSR count). The van der Waals surface area contributed by atoms with Crippen LogP contribution in [0.2, 0.25) is 0 Å². The number of rotatable bonds is 3. The van der Waals surface area contributed by atoms with Gasteiger partial charge in [-0.1, -0.05) is 20.8 Å². The molecule has 1 N–H and O–H groups in total. The third kappa shape index (κ3) is 1.84. The Bertz CT molecular complexity index is 478. The molecule has 0 amide bonds. The molecule has 1 aliphatic carbocycles. The number of nitrogens with zero attached hydrogens (tertiary/aromatic N) is 2. The summed E-state index contributed by atoms with van der Waals surface area (Å²) in [6.45, 7) is 8.85. The molecule has 2 heterocycles. The largest absolute Gasteiger partial charge is 0.381 e. The number of methoxy groups -OCH3 is 1. The van der Waals surface area contributed by atoms with E-state index in [1.54, 1.807) is 0 Å². The summed E-state index contributed by atoms with van der Waals surface area (Å²) in [5.74, 6) is 1.25. The minimum atomic E-state index is 0.206. The minimum Gasteiger partial charge on any atom is -0.381 e. The molecule has 0 spiro atoms. The van der Waals surface area contributed by atoms with Gasteiger partial charge in [0, 0.05) is 50.2 Å². The van der Waals surface area contributed by atoms with E-state index in [0.29, 0.717) is 12.1 Å². The Morgan fingerprint density at radius 1 is 1.47 bits per heavy atom. The molecule has 1 aromatic heterocycles. The van der Waals surface area contributed by atoms with Crippen molar-refractivity contribution in [2.24, 2.45) is 5.41 Å². The van der Waals surface area contributed by atoms with E-state index in [9.17, 15) is 0 Å². The van der Waals surface area contributed by atoms with E-state index in [1.165, 1.54) is 17.2 Å². The number of aryl methyl sites for hydroxylation is 1. The van der Waals surface area contributed by atoms with E-state index in [4.69, 9.17) is 9.72 Å². The molecule has 0 bridgehead atoms. The summed E-state index contributed by atoms with van der Waals surface area (Å²) in [6.07, 6.45) is 3.61. The molecule has 1 aromatic rings. The average molecular weight is 263 g/mol. The number of hydrogen-bond donors (Lipinski definition) is 1. The van der Waals surface area contributed by atoms with Crippen LogP contribution in [-0.2, 0) is 24.1 Å². The first-order valence-corrected chi connectivity index (χ1v) is 7.42. The molecule has 1 saturated carbocycles. The van der Waals surface area contributed by atoms with Crippen molar-refractivity contribution in [3.05, 3.63) is 17.2 Å². The molecule has 0 radical (unpaired) electrons. The molecule has 0 aromatic carbocycles. The summed E-state index contributed by atoms with van der Waals surface area (Å²) in [7, 11) is 1.83. The van der Waals surface area contributed by atoms with Gasteiger partial charge in [0.25, 0.3) is 0 Å². The van der Waals surface area contributed by atoms with Crippen molar-refractivity contribution in [1.29, 1.82) is 0 Å². The highest BCUT2D eigenvalue weighted by Gasteiger charge is 2.50. The Kier molecular flexibility index (Phi) is 3.18. The fraction of sp³-hybridized carbons (Fsp3) is 0.800. The van der Waals surface area contributed by atoms with E-state index in [-0.39, 0.29) is 5.41 Å². The summed E-state index contributed by atoms with van der Waals surface area (Å²) in [5, 5.41) is 3.42. The van der Waals surface area contributed by atoms with E-state index in [2.05, 4.69) is 30.7 Å². The van der Waals surface area contributed by atoms with Gasteiger partial charge in [-0.2, -0.15) is 0 Å². The quantitative estimate of drug-likeness (QED) is 0.907. The van der Waals surface area contributed by atoms with Crippen LogP contribution in [0.1, 0.15) is 50.4 Å². The molecule has 19 heavy (non-hydrogen) atoms. The molecule has 1 fully saturated rings. The number of ether oxygens (including phenoxy) is 1. The van der Waals surface area contributed by atoms with Gasteiger partial charge >= 0.3 is 0 Å². The van der Waals surface area contributed by atoms with Gasteiger partial charge in [-0.05, 0) is 6.42 Å². The number of nitrogens with one attached hydrogen (secondary N) is 1. The van der Waals surface area contributed by atoms with E-state index >= 15 is 0 Å². The SMILES string of the molecule is CCc1nc2c(n1C1CC(OC)C1(C)C)CCNC2. The van der Waals surface area contributed by atoms with E-state index in [1.807, 2.05) is 7.11 Å². The van der Waals surface area contributed by atoms with Crippen LogP contribution >= 0.6 is 0 Å². The lowest BCUT2D eigenvalue weighted by molar-refractivity contribution is -0.114. The second kappa shape index (κ2) is 4.60. The molecule has 4 nitrogen and oxygen atoms in total. The van der Waals surface area contributed by atoms with Gasteiger partial charge in [0.1, 0.15) is 5.82 Å². The second-order valence-electron chi connectivity index (χ2n) is 6.37. The molecule has 4 heteroatoms. The van der Waals surface area contributed by atoms with Crippen molar-refractivity contribution in [1.82, 2.24) is 14.9 Å². The standard InChI is InChI=1S/C15H25N3O/c1-5-14-17-10-9-16-7-6-11(10)18(14)12-8-13(19-4)15(12,2)3/h12-13,16H,5-9H2,1-4H3. The Balaban J connectivity index is 1.99. The van der Waals surface area contributed by atoms with Gasteiger partial charge in [0.05, 0.1) is 11.8 Å². The zero-order valence-corrected chi connectivity index (χ0v) is 12.5. The monoisotopic (exact) mass is 263 g/mol. The maximum atomic E-state index is 5.60. The van der Waals surface area contributed by atoms with Gasteiger partial charge in [0.2, 0.25) is 0 Å². The lowest BCUT2D eigenvalue weighted by Gasteiger charge is -2.52. The summed E-state index contributed by atoms with van der Waals surface area (Å²) < 4.78 is 8.13. The predicted octanol–water partition coefficient (Wildman–Crippen LogP) is 2.08. The third-order valence-corrected chi connectivity index (χ3v) is 5.04. The average Bonchev–Trinajstić information content (AvgIpc) is 2.77. The van der Waals surface area contributed by atoms with Crippen LogP contribution in [0.5, 0.6) is 0 Å². The van der Waals surface area contributed by atoms with Crippen molar-refractivity contribution < 1.29 is 4.74 Å². The fourth-order valence-corrected chi connectivity index (χ4v) is 3.71. The zero-order valence-electron chi connectivity index (χ0n) is 12.5. The lowest BCUT2D eigenvalue weighted by atomic mass is 9.64. The van der Waals surface area contributed by atoms with Crippen LogP contribution in [0.4, 0.5) is 0 Å². The summed E-state index contributed by atoms with van der Waals surface area (Å²) >= 11 is 0. The zero-order chi connectivity index (χ0) is 13.6. The summed E-state index contributed by atoms with van der Waals surface area (Å²) in [5.41, 5.74) is 2.93. The van der Waals surface area contributed by atoms with Crippen molar-refractivity contribution in [2.75, 3.05) is 13.7 Å².